The molecule has 0 fully saturated rings. The third-order valence-electron chi connectivity index (χ3n) is 0.696. The molecule has 0 N–H and O–H groups in total. The molecule has 0 rings (SSSR count). The Morgan fingerprint density at radius 3 is 2.70 bits per heavy atom. The summed E-state index contributed by atoms with van der Waals surface area (Å²) in [6.45, 7) is 1.47. The monoisotopic (exact) mass is 168 g/mol. The van der Waals surface area contributed by atoms with Crippen molar-refractivity contribution in [1.29, 1.82) is 0 Å². The molecule has 0 aromatic rings. The van der Waals surface area contributed by atoms with Gasteiger partial charge >= 0.3 is 11.1 Å². The van der Waals surface area contributed by atoms with Gasteiger partial charge in [-0.15, -0.1) is 0 Å². The van der Waals surface area contributed by atoms with Crippen LogP contribution in [-0.4, -0.2) is 24.0 Å². The second-order valence-electron chi connectivity index (χ2n) is 1.46. The number of halogens is 2. The Balaban J connectivity index is 4.04. The molecule has 5 heteroatoms. The summed E-state index contributed by atoms with van der Waals surface area (Å²) in [5.74, 6) is -1.37. The Kier molecular flexibility index (Phi) is 3.28. The van der Waals surface area contributed by atoms with Gasteiger partial charge < -0.3 is 4.74 Å². The Hall–Kier alpha value is -0.640. The van der Waals surface area contributed by atoms with E-state index in [1.54, 1.807) is 0 Å². The molecular weight excluding hydrogens is 163 g/mol. The van der Waals surface area contributed by atoms with Crippen LogP contribution in [0.5, 0.6) is 0 Å². The fourth-order valence-corrected chi connectivity index (χ4v) is 0.330. The van der Waals surface area contributed by atoms with Crippen LogP contribution in [0.15, 0.2) is 0 Å². The molecule has 0 aromatic carbocycles. The van der Waals surface area contributed by atoms with E-state index >= 15 is 0 Å². The van der Waals surface area contributed by atoms with E-state index < -0.39 is 11.1 Å². The van der Waals surface area contributed by atoms with E-state index in [9.17, 15) is 14.0 Å². The van der Waals surface area contributed by atoms with Gasteiger partial charge in [-0.25, -0.2) is 9.18 Å². The molecule has 0 saturated carbocycles. The predicted octanol–water partition coefficient (Wildman–Crippen LogP) is 0.653. The van der Waals surface area contributed by atoms with Crippen molar-refractivity contribution >= 4 is 23.9 Å². The molecule has 58 valence electrons. The molecule has 0 aliphatic rings. The molecule has 0 saturated heterocycles. The second-order valence-corrected chi connectivity index (χ2v) is 2.01. The highest BCUT2D eigenvalue weighted by molar-refractivity contribution is 6.40. The molecule has 0 amide bonds. The lowest BCUT2D eigenvalue weighted by molar-refractivity contribution is -0.153. The second kappa shape index (κ2) is 3.51. The van der Waals surface area contributed by atoms with Gasteiger partial charge in [0.1, 0.15) is 0 Å². The molecule has 0 spiro atoms. The van der Waals surface area contributed by atoms with Crippen molar-refractivity contribution in [2.75, 3.05) is 6.61 Å². The first-order chi connectivity index (χ1) is 4.54. The number of ether oxygens (including phenoxy) is 1. The number of carbonyl (C=O) groups is 2. The summed E-state index contributed by atoms with van der Waals surface area (Å²) in [5, 5.41) is -3.02. The molecule has 0 aliphatic carbocycles. The summed E-state index contributed by atoms with van der Waals surface area (Å²) < 4.78 is 16.4. The predicted molar refractivity (Wildman–Crippen MR) is 32.4 cm³/mol. The lowest BCUT2D eigenvalue weighted by atomic mass is 10.4. The highest BCUT2D eigenvalue weighted by Crippen LogP contribution is 2.15. The van der Waals surface area contributed by atoms with Crippen molar-refractivity contribution in [2.45, 2.75) is 12.1 Å². The topological polar surface area (TPSA) is 43.4 Å². The van der Waals surface area contributed by atoms with E-state index in [2.05, 4.69) is 4.74 Å². The number of hydrogen-bond donors (Lipinski definition) is 0. The van der Waals surface area contributed by atoms with Gasteiger partial charge in [0.2, 0.25) is 0 Å². The van der Waals surface area contributed by atoms with Gasteiger partial charge in [0.05, 0.1) is 6.61 Å². The number of esters is 1. The van der Waals surface area contributed by atoms with Gasteiger partial charge in [-0.1, -0.05) is 11.6 Å². The molecule has 0 radical (unpaired) electrons. The van der Waals surface area contributed by atoms with Gasteiger partial charge in [-0.3, -0.25) is 4.79 Å². The first kappa shape index (κ1) is 9.36. The average Bonchev–Trinajstić information content (AvgIpc) is 1.89. The summed E-state index contributed by atoms with van der Waals surface area (Å²) in [6, 6.07) is 0. The van der Waals surface area contributed by atoms with Crippen LogP contribution in [0, 0.1) is 0 Å². The zero-order chi connectivity index (χ0) is 8.20. The van der Waals surface area contributed by atoms with E-state index in [0.29, 0.717) is 0 Å². The zero-order valence-corrected chi connectivity index (χ0v) is 6.02. The Labute approximate surface area is 62.1 Å². The van der Waals surface area contributed by atoms with Crippen LogP contribution in [0.2, 0.25) is 0 Å². The number of rotatable bonds is 3. The van der Waals surface area contributed by atoms with Crippen molar-refractivity contribution in [3.63, 3.8) is 0 Å². The number of carbonyl (C=O) groups excluding carboxylic acids is 2. The van der Waals surface area contributed by atoms with Crippen LogP contribution >= 0.6 is 11.6 Å². The fourth-order valence-electron chi connectivity index (χ4n) is 0.275. The highest BCUT2D eigenvalue weighted by Gasteiger charge is 2.37. The molecule has 0 aliphatic heterocycles. The van der Waals surface area contributed by atoms with E-state index in [1.165, 1.54) is 6.92 Å². The van der Waals surface area contributed by atoms with E-state index in [-0.39, 0.29) is 12.9 Å². The summed E-state index contributed by atoms with van der Waals surface area (Å²) in [4.78, 5) is 20.1. The Bertz CT molecular complexity index is 146. The summed E-state index contributed by atoms with van der Waals surface area (Å²) >= 11 is 4.74. The summed E-state index contributed by atoms with van der Waals surface area (Å²) in [5.41, 5.74) is 0. The third-order valence-corrected chi connectivity index (χ3v) is 0.939. The SMILES string of the molecule is CCOC(=O)C(F)(Cl)C=O. The minimum absolute atomic E-state index is 0.00887. The van der Waals surface area contributed by atoms with E-state index in [0.717, 1.165) is 0 Å². The molecule has 0 aromatic heterocycles. The molecule has 3 nitrogen and oxygen atoms in total. The van der Waals surface area contributed by atoms with Crippen LogP contribution in [0.3, 0.4) is 0 Å². The molecule has 1 atom stereocenters. The average molecular weight is 169 g/mol. The number of hydrogen-bond acceptors (Lipinski definition) is 3. The third kappa shape index (κ3) is 2.31. The van der Waals surface area contributed by atoms with Crippen molar-refractivity contribution in [3.8, 4) is 0 Å². The van der Waals surface area contributed by atoms with Crippen LogP contribution in [-0.2, 0) is 14.3 Å². The highest BCUT2D eigenvalue weighted by atomic mass is 35.5. The fraction of sp³-hybridized carbons (Fsp3) is 0.600. The van der Waals surface area contributed by atoms with Crippen LogP contribution in [0.25, 0.3) is 0 Å². The van der Waals surface area contributed by atoms with Gasteiger partial charge in [-0.05, 0) is 6.92 Å². The maximum atomic E-state index is 12.3. The number of alkyl halides is 2. The van der Waals surface area contributed by atoms with Crippen molar-refractivity contribution in [2.24, 2.45) is 0 Å². The largest absolute Gasteiger partial charge is 0.462 e. The lowest BCUT2D eigenvalue weighted by Gasteiger charge is -2.07. The van der Waals surface area contributed by atoms with E-state index in [1.807, 2.05) is 0 Å². The normalized spacial score (nSPS) is 15.5. The van der Waals surface area contributed by atoms with E-state index in [4.69, 9.17) is 11.6 Å². The minimum Gasteiger partial charge on any atom is -0.462 e. The van der Waals surface area contributed by atoms with Crippen molar-refractivity contribution in [1.82, 2.24) is 0 Å². The van der Waals surface area contributed by atoms with Gasteiger partial charge in [-0.2, -0.15) is 0 Å². The van der Waals surface area contributed by atoms with Crippen molar-refractivity contribution < 1.29 is 18.7 Å². The van der Waals surface area contributed by atoms with Gasteiger partial charge in [0, 0.05) is 0 Å². The smallest absolute Gasteiger partial charge is 0.367 e. The molecule has 1 unspecified atom stereocenters. The van der Waals surface area contributed by atoms with Crippen LogP contribution in [0.4, 0.5) is 4.39 Å². The molecule has 0 bridgehead atoms. The van der Waals surface area contributed by atoms with Gasteiger partial charge in [0.15, 0.2) is 6.29 Å². The molecular formula is C5H6ClFO3. The van der Waals surface area contributed by atoms with Crippen LogP contribution < -0.4 is 0 Å². The minimum atomic E-state index is -3.02. The zero-order valence-electron chi connectivity index (χ0n) is 5.27. The molecule has 10 heavy (non-hydrogen) atoms. The van der Waals surface area contributed by atoms with Gasteiger partial charge in [0.25, 0.3) is 0 Å². The Morgan fingerprint density at radius 1 is 1.90 bits per heavy atom. The lowest BCUT2D eigenvalue weighted by Crippen LogP contribution is -2.30. The van der Waals surface area contributed by atoms with Crippen molar-refractivity contribution in [3.05, 3.63) is 0 Å². The van der Waals surface area contributed by atoms with Crippen LogP contribution in [0.1, 0.15) is 6.92 Å². The summed E-state index contributed by atoms with van der Waals surface area (Å²) in [7, 11) is 0. The maximum Gasteiger partial charge on any atom is 0.367 e. The first-order valence-corrected chi connectivity index (χ1v) is 2.93. The maximum absolute atomic E-state index is 12.3. The first-order valence-electron chi connectivity index (χ1n) is 2.56. The quantitative estimate of drug-likeness (QED) is 0.269. The molecule has 0 heterocycles. The standard InChI is InChI=1S/C5H6ClFO3/c1-2-10-4(9)5(6,7)3-8/h3H,2H2,1H3. The summed E-state index contributed by atoms with van der Waals surface area (Å²) in [6.07, 6.45) is -0.313. The number of aldehydes is 1. The Morgan fingerprint density at radius 2 is 2.40 bits per heavy atom.